The number of carboxylic acid groups (broad SMARTS) is 1. The number of hydrogen-bond acceptors (Lipinski definition) is 3. The van der Waals surface area contributed by atoms with Gasteiger partial charge < -0.3 is 10.4 Å². The predicted molar refractivity (Wildman–Crippen MR) is 126 cm³/mol. The Hall–Kier alpha value is -2.69. The van der Waals surface area contributed by atoms with Crippen molar-refractivity contribution < 1.29 is 9.90 Å². The van der Waals surface area contributed by atoms with Crippen molar-refractivity contribution in [1.29, 1.82) is 0 Å². The van der Waals surface area contributed by atoms with E-state index in [2.05, 4.69) is 23.5 Å². The van der Waals surface area contributed by atoms with Crippen LogP contribution in [0, 0.1) is 0 Å². The molecule has 3 aromatic carbocycles. The molecule has 30 heavy (non-hydrogen) atoms. The molecule has 4 rings (SSSR count). The number of thioether (sulfide) groups is 1. The Labute approximate surface area is 185 Å². The second-order valence-electron chi connectivity index (χ2n) is 7.33. The zero-order valence-corrected chi connectivity index (χ0v) is 17.9. The van der Waals surface area contributed by atoms with Crippen LogP contribution in [0.5, 0.6) is 0 Å². The van der Waals surface area contributed by atoms with E-state index in [1.165, 1.54) is 30.0 Å². The van der Waals surface area contributed by atoms with Gasteiger partial charge >= 0.3 is 5.97 Å². The highest BCUT2D eigenvalue weighted by atomic mass is 35.5. The molecule has 2 N–H and O–H groups in total. The maximum Gasteiger partial charge on any atom is 0.328 e. The summed E-state index contributed by atoms with van der Waals surface area (Å²) in [6.07, 6.45) is 5.17. The van der Waals surface area contributed by atoms with Gasteiger partial charge in [-0.3, -0.25) is 0 Å². The van der Waals surface area contributed by atoms with Crippen molar-refractivity contribution in [3.63, 3.8) is 0 Å². The van der Waals surface area contributed by atoms with Crippen LogP contribution in [0.15, 0.2) is 77.7 Å². The Balaban J connectivity index is 1.60. The van der Waals surface area contributed by atoms with Crippen LogP contribution in [-0.4, -0.2) is 11.1 Å². The first-order valence-corrected chi connectivity index (χ1v) is 11.2. The van der Waals surface area contributed by atoms with E-state index in [0.29, 0.717) is 5.92 Å². The number of anilines is 2. The van der Waals surface area contributed by atoms with E-state index in [-0.39, 0.29) is 0 Å². The van der Waals surface area contributed by atoms with Crippen LogP contribution in [-0.2, 0) is 10.5 Å². The maximum absolute atomic E-state index is 11.1. The Morgan fingerprint density at radius 2 is 1.83 bits per heavy atom. The van der Waals surface area contributed by atoms with Gasteiger partial charge in [-0.2, -0.15) is 0 Å². The number of halogens is 1. The van der Waals surface area contributed by atoms with Crippen LogP contribution in [0.3, 0.4) is 0 Å². The Bertz CT molecular complexity index is 1080. The molecule has 5 heteroatoms. The molecule has 0 radical (unpaired) electrons. The van der Waals surface area contributed by atoms with E-state index in [1.807, 2.05) is 48.5 Å². The maximum atomic E-state index is 11.1. The molecule has 0 bridgehead atoms. The van der Waals surface area contributed by atoms with Crippen LogP contribution in [0.25, 0.3) is 6.08 Å². The first-order chi connectivity index (χ1) is 14.6. The number of carbonyl (C=O) groups is 1. The monoisotopic (exact) mass is 435 g/mol. The molecule has 0 unspecified atom stereocenters. The molecule has 0 heterocycles. The fraction of sp³-hybridized carbons (Fsp3) is 0.160. The van der Waals surface area contributed by atoms with Crippen LogP contribution in [0.2, 0.25) is 5.02 Å². The van der Waals surface area contributed by atoms with E-state index < -0.39 is 5.97 Å². The van der Waals surface area contributed by atoms with E-state index in [9.17, 15) is 4.79 Å². The standard InChI is InChI=1S/C25H22ClNO2S/c26-20-9-11-24(22(15-20)18-6-7-18)27-23-12-10-21(14-19(23)8-13-25(28)29)30-16-17-4-2-1-3-5-17/h1-5,8-15,18,27H,6-7,16H2,(H,28,29)/b13-8+. The molecule has 3 nitrogen and oxygen atoms in total. The summed E-state index contributed by atoms with van der Waals surface area (Å²) in [7, 11) is 0. The first-order valence-electron chi connectivity index (χ1n) is 9.87. The van der Waals surface area contributed by atoms with Gasteiger partial charge in [0.1, 0.15) is 0 Å². The van der Waals surface area contributed by atoms with Crippen molar-refractivity contribution in [3.8, 4) is 0 Å². The van der Waals surface area contributed by atoms with Gasteiger partial charge in [-0.05, 0) is 77.9 Å². The summed E-state index contributed by atoms with van der Waals surface area (Å²) in [5.41, 5.74) is 5.21. The van der Waals surface area contributed by atoms with Crippen LogP contribution < -0.4 is 5.32 Å². The van der Waals surface area contributed by atoms with Gasteiger partial charge in [0.2, 0.25) is 0 Å². The van der Waals surface area contributed by atoms with Gasteiger partial charge in [-0.1, -0.05) is 41.9 Å². The van der Waals surface area contributed by atoms with E-state index in [1.54, 1.807) is 17.8 Å². The summed E-state index contributed by atoms with van der Waals surface area (Å²) < 4.78 is 0. The molecule has 3 aromatic rings. The molecule has 152 valence electrons. The average Bonchev–Trinajstić information content (AvgIpc) is 3.59. The van der Waals surface area contributed by atoms with E-state index in [0.717, 1.165) is 32.6 Å². The van der Waals surface area contributed by atoms with Gasteiger partial charge in [-0.15, -0.1) is 11.8 Å². The summed E-state index contributed by atoms with van der Waals surface area (Å²) in [5.74, 6) is 0.442. The SMILES string of the molecule is O=C(O)/C=C/c1cc(SCc2ccccc2)ccc1Nc1ccc(Cl)cc1C1CC1. The highest BCUT2D eigenvalue weighted by molar-refractivity contribution is 7.98. The molecule has 0 saturated heterocycles. The minimum absolute atomic E-state index is 0.546. The molecule has 0 aromatic heterocycles. The summed E-state index contributed by atoms with van der Waals surface area (Å²) in [6, 6.07) is 22.3. The van der Waals surface area contributed by atoms with Gasteiger partial charge in [0.25, 0.3) is 0 Å². The molecule has 0 amide bonds. The third-order valence-corrected chi connectivity index (χ3v) is 6.28. The van der Waals surface area contributed by atoms with Crippen molar-refractivity contribution in [1.82, 2.24) is 0 Å². The molecular formula is C25H22ClNO2S. The molecule has 0 spiro atoms. The molecule has 0 atom stereocenters. The van der Waals surface area contributed by atoms with Gasteiger partial charge in [0.15, 0.2) is 0 Å². The number of benzene rings is 3. The van der Waals surface area contributed by atoms with Crippen molar-refractivity contribution in [3.05, 3.63) is 94.5 Å². The quantitative estimate of drug-likeness (QED) is 0.287. The van der Waals surface area contributed by atoms with Crippen LogP contribution in [0.1, 0.15) is 35.4 Å². The fourth-order valence-corrected chi connectivity index (χ4v) is 4.39. The molecular weight excluding hydrogens is 414 g/mol. The molecule has 1 aliphatic rings. The number of hydrogen-bond donors (Lipinski definition) is 2. The lowest BCUT2D eigenvalue weighted by Gasteiger charge is -2.15. The molecule has 1 saturated carbocycles. The number of nitrogens with one attached hydrogen (secondary N) is 1. The van der Waals surface area contributed by atoms with Gasteiger partial charge in [-0.25, -0.2) is 4.79 Å². The van der Waals surface area contributed by atoms with Crippen molar-refractivity contribution >= 4 is 46.8 Å². The molecule has 0 aliphatic heterocycles. The molecule has 1 aliphatic carbocycles. The summed E-state index contributed by atoms with van der Waals surface area (Å²) in [5, 5.41) is 13.3. The Morgan fingerprint density at radius 3 is 2.57 bits per heavy atom. The fourth-order valence-electron chi connectivity index (χ4n) is 3.31. The summed E-state index contributed by atoms with van der Waals surface area (Å²) in [6.45, 7) is 0. The zero-order valence-electron chi connectivity index (χ0n) is 16.3. The first kappa shape index (κ1) is 20.6. The third-order valence-electron chi connectivity index (χ3n) is 4.98. The number of rotatable bonds is 8. The highest BCUT2D eigenvalue weighted by Gasteiger charge is 2.26. The zero-order chi connectivity index (χ0) is 20.9. The second-order valence-corrected chi connectivity index (χ2v) is 8.81. The average molecular weight is 436 g/mol. The van der Waals surface area contributed by atoms with Crippen molar-refractivity contribution in [2.45, 2.75) is 29.4 Å². The largest absolute Gasteiger partial charge is 0.478 e. The molecule has 1 fully saturated rings. The van der Waals surface area contributed by atoms with Gasteiger partial charge in [0.05, 0.1) is 0 Å². The van der Waals surface area contributed by atoms with E-state index in [4.69, 9.17) is 16.7 Å². The lowest BCUT2D eigenvalue weighted by Crippen LogP contribution is -1.98. The third kappa shape index (κ3) is 5.47. The van der Waals surface area contributed by atoms with E-state index >= 15 is 0 Å². The topological polar surface area (TPSA) is 49.3 Å². The summed E-state index contributed by atoms with van der Waals surface area (Å²) >= 11 is 7.94. The number of carboxylic acids is 1. The minimum Gasteiger partial charge on any atom is -0.478 e. The van der Waals surface area contributed by atoms with Crippen molar-refractivity contribution in [2.24, 2.45) is 0 Å². The normalized spacial score (nSPS) is 13.5. The lowest BCUT2D eigenvalue weighted by molar-refractivity contribution is -0.131. The number of aliphatic carboxylic acids is 1. The Kier molecular flexibility index (Phi) is 6.46. The van der Waals surface area contributed by atoms with Crippen LogP contribution in [0.4, 0.5) is 11.4 Å². The lowest BCUT2D eigenvalue weighted by atomic mass is 10.1. The van der Waals surface area contributed by atoms with Crippen LogP contribution >= 0.6 is 23.4 Å². The summed E-state index contributed by atoms with van der Waals surface area (Å²) in [4.78, 5) is 12.2. The minimum atomic E-state index is -0.964. The van der Waals surface area contributed by atoms with Crippen molar-refractivity contribution in [2.75, 3.05) is 5.32 Å². The smallest absolute Gasteiger partial charge is 0.328 e. The predicted octanol–water partition coefficient (Wildman–Crippen LogP) is 7.35. The van der Waals surface area contributed by atoms with Gasteiger partial charge in [0, 0.05) is 33.1 Å². The highest BCUT2D eigenvalue weighted by Crippen LogP contribution is 2.45. The Morgan fingerprint density at radius 1 is 1.07 bits per heavy atom. The second kappa shape index (κ2) is 9.41.